The number of carbonyl (C=O) groups excluding carboxylic acids is 2. The molecule has 0 aromatic heterocycles. The van der Waals surface area contributed by atoms with E-state index in [-0.39, 0.29) is 11.8 Å². The van der Waals surface area contributed by atoms with Gasteiger partial charge in [-0.15, -0.1) is 0 Å². The fourth-order valence-corrected chi connectivity index (χ4v) is 3.33. The summed E-state index contributed by atoms with van der Waals surface area (Å²) in [7, 11) is 3.18. The minimum Gasteiger partial charge on any atom is -0.493 e. The summed E-state index contributed by atoms with van der Waals surface area (Å²) >= 11 is 0. The summed E-state index contributed by atoms with van der Waals surface area (Å²) in [6, 6.07) is 14.9. The average molecular weight is 427 g/mol. The molecule has 2 aromatic rings. The molecule has 0 radical (unpaired) electrons. The van der Waals surface area contributed by atoms with Gasteiger partial charge in [0.05, 0.1) is 14.2 Å². The molecule has 2 rings (SSSR count). The lowest BCUT2D eigenvalue weighted by Gasteiger charge is -2.29. The summed E-state index contributed by atoms with van der Waals surface area (Å²) in [4.78, 5) is 27.5. The molecule has 0 aliphatic carbocycles. The molecule has 1 atom stereocenters. The van der Waals surface area contributed by atoms with Crippen molar-refractivity contribution in [1.29, 1.82) is 0 Å². The molecule has 1 N–H and O–H groups in total. The number of ether oxygens (including phenoxy) is 2. The highest BCUT2D eigenvalue weighted by Gasteiger charge is 2.25. The van der Waals surface area contributed by atoms with E-state index < -0.39 is 6.04 Å². The molecule has 0 saturated heterocycles. The Balaban J connectivity index is 2.10. The van der Waals surface area contributed by atoms with Crippen molar-refractivity contribution < 1.29 is 19.1 Å². The fraction of sp³-hybridized carbons (Fsp3) is 0.440. The monoisotopic (exact) mass is 426 g/mol. The maximum atomic E-state index is 13.2. The first-order valence-electron chi connectivity index (χ1n) is 10.8. The van der Waals surface area contributed by atoms with Gasteiger partial charge in [0.1, 0.15) is 6.04 Å². The molecule has 0 heterocycles. The zero-order valence-electron chi connectivity index (χ0n) is 19.0. The molecule has 2 aromatic carbocycles. The maximum Gasteiger partial charge on any atom is 0.242 e. The van der Waals surface area contributed by atoms with Gasteiger partial charge in [-0.05, 0) is 43.0 Å². The largest absolute Gasteiger partial charge is 0.493 e. The summed E-state index contributed by atoms with van der Waals surface area (Å²) in [6.07, 6.45) is 2.78. The number of nitrogens with zero attached hydrogens (tertiary/aromatic N) is 1. The van der Waals surface area contributed by atoms with Crippen LogP contribution >= 0.6 is 0 Å². The van der Waals surface area contributed by atoms with Crippen LogP contribution in [0, 0.1) is 0 Å². The van der Waals surface area contributed by atoms with E-state index in [4.69, 9.17) is 9.47 Å². The highest BCUT2D eigenvalue weighted by atomic mass is 16.5. The van der Waals surface area contributed by atoms with Crippen LogP contribution in [0.2, 0.25) is 0 Å². The summed E-state index contributed by atoms with van der Waals surface area (Å²) < 4.78 is 10.6. The van der Waals surface area contributed by atoms with E-state index in [0.29, 0.717) is 37.4 Å². The van der Waals surface area contributed by atoms with Crippen LogP contribution < -0.4 is 14.8 Å². The van der Waals surface area contributed by atoms with Crippen molar-refractivity contribution in [1.82, 2.24) is 10.2 Å². The molecule has 0 bridgehead atoms. The van der Waals surface area contributed by atoms with Crippen LogP contribution in [-0.2, 0) is 22.6 Å². The number of methoxy groups -OCH3 is 2. The highest BCUT2D eigenvalue weighted by Crippen LogP contribution is 2.28. The summed E-state index contributed by atoms with van der Waals surface area (Å²) in [6.45, 7) is 4.89. The fourth-order valence-electron chi connectivity index (χ4n) is 3.33. The third-order valence-electron chi connectivity index (χ3n) is 5.27. The van der Waals surface area contributed by atoms with Gasteiger partial charge in [0.15, 0.2) is 11.5 Å². The summed E-state index contributed by atoms with van der Waals surface area (Å²) in [5, 5.41) is 2.94. The Kier molecular flexibility index (Phi) is 9.88. The second kappa shape index (κ2) is 12.6. The maximum absolute atomic E-state index is 13.2. The Morgan fingerprint density at radius 1 is 1.00 bits per heavy atom. The van der Waals surface area contributed by atoms with Crippen molar-refractivity contribution in [3.05, 3.63) is 59.7 Å². The van der Waals surface area contributed by atoms with Crippen LogP contribution in [0.1, 0.15) is 44.2 Å². The Morgan fingerprint density at radius 2 is 1.71 bits per heavy atom. The van der Waals surface area contributed by atoms with E-state index in [1.165, 1.54) is 0 Å². The predicted octanol–water partition coefficient (Wildman–Crippen LogP) is 3.97. The number of hydrogen-bond donors (Lipinski definition) is 1. The molecule has 0 saturated carbocycles. The molecule has 0 aliphatic heterocycles. The SMILES string of the molecule is CCCCNC(=O)[C@H](C)N(Cc1ccccc1)C(=O)CCc1ccc(OC)c(OC)c1. The number of hydrogen-bond acceptors (Lipinski definition) is 4. The van der Waals surface area contributed by atoms with E-state index in [9.17, 15) is 9.59 Å². The van der Waals surface area contributed by atoms with Crippen molar-refractivity contribution in [3.63, 3.8) is 0 Å². The average Bonchev–Trinajstić information content (AvgIpc) is 2.81. The van der Waals surface area contributed by atoms with Crippen LogP contribution in [0.25, 0.3) is 0 Å². The highest BCUT2D eigenvalue weighted by molar-refractivity contribution is 5.87. The Labute approximate surface area is 185 Å². The first kappa shape index (κ1) is 24.3. The normalized spacial score (nSPS) is 11.5. The van der Waals surface area contributed by atoms with Crippen molar-refractivity contribution in [2.75, 3.05) is 20.8 Å². The van der Waals surface area contributed by atoms with Crippen molar-refractivity contribution in [2.24, 2.45) is 0 Å². The van der Waals surface area contributed by atoms with Gasteiger partial charge in [-0.2, -0.15) is 0 Å². The molecular weight excluding hydrogens is 392 g/mol. The van der Waals surface area contributed by atoms with Crippen molar-refractivity contribution >= 4 is 11.8 Å². The van der Waals surface area contributed by atoms with Gasteiger partial charge >= 0.3 is 0 Å². The zero-order chi connectivity index (χ0) is 22.6. The van der Waals surface area contributed by atoms with Crippen LogP contribution in [0.4, 0.5) is 0 Å². The first-order chi connectivity index (χ1) is 15.0. The van der Waals surface area contributed by atoms with Gasteiger partial charge in [0.2, 0.25) is 11.8 Å². The van der Waals surface area contributed by atoms with E-state index in [1.54, 1.807) is 26.0 Å². The van der Waals surface area contributed by atoms with E-state index in [1.807, 2.05) is 48.5 Å². The molecule has 6 heteroatoms. The number of amides is 2. The van der Waals surface area contributed by atoms with Crippen LogP contribution in [0.3, 0.4) is 0 Å². The second-order valence-corrected chi connectivity index (χ2v) is 7.52. The smallest absolute Gasteiger partial charge is 0.242 e. The van der Waals surface area contributed by atoms with Gasteiger partial charge in [0.25, 0.3) is 0 Å². The second-order valence-electron chi connectivity index (χ2n) is 7.52. The molecular formula is C25H34N2O4. The lowest BCUT2D eigenvalue weighted by Crippen LogP contribution is -2.47. The molecule has 0 unspecified atom stereocenters. The molecule has 0 fully saturated rings. The number of benzene rings is 2. The molecule has 0 spiro atoms. The molecule has 6 nitrogen and oxygen atoms in total. The third-order valence-corrected chi connectivity index (χ3v) is 5.27. The Hall–Kier alpha value is -3.02. The predicted molar refractivity (Wildman–Crippen MR) is 122 cm³/mol. The molecule has 31 heavy (non-hydrogen) atoms. The Bertz CT molecular complexity index is 839. The molecule has 168 valence electrons. The molecule has 2 amide bonds. The lowest BCUT2D eigenvalue weighted by atomic mass is 10.1. The van der Waals surface area contributed by atoms with Crippen LogP contribution in [0.5, 0.6) is 11.5 Å². The number of unbranched alkanes of at least 4 members (excludes halogenated alkanes) is 1. The van der Waals surface area contributed by atoms with Crippen LogP contribution in [-0.4, -0.2) is 43.5 Å². The summed E-state index contributed by atoms with van der Waals surface area (Å²) in [5.41, 5.74) is 1.97. The van der Waals surface area contributed by atoms with Crippen molar-refractivity contribution in [3.8, 4) is 11.5 Å². The van der Waals surface area contributed by atoms with E-state index >= 15 is 0 Å². The van der Waals surface area contributed by atoms with Crippen molar-refractivity contribution in [2.45, 2.75) is 52.1 Å². The van der Waals surface area contributed by atoms with E-state index in [0.717, 1.165) is 24.0 Å². The third kappa shape index (κ3) is 7.31. The topological polar surface area (TPSA) is 67.9 Å². The standard InChI is InChI=1S/C25H34N2O4/c1-5-6-16-26-25(29)19(2)27(18-21-10-8-7-9-11-21)24(28)15-13-20-12-14-22(30-3)23(17-20)31-4/h7-12,14,17,19H,5-6,13,15-16,18H2,1-4H3,(H,26,29)/t19-/m0/s1. The van der Waals surface area contributed by atoms with Gasteiger partial charge in [-0.25, -0.2) is 0 Å². The quantitative estimate of drug-likeness (QED) is 0.522. The van der Waals surface area contributed by atoms with Gasteiger partial charge in [0, 0.05) is 19.5 Å². The zero-order valence-corrected chi connectivity index (χ0v) is 19.0. The van der Waals surface area contributed by atoms with Gasteiger partial charge in [-0.1, -0.05) is 49.7 Å². The molecule has 0 aliphatic rings. The minimum absolute atomic E-state index is 0.0585. The van der Waals surface area contributed by atoms with E-state index in [2.05, 4.69) is 12.2 Å². The number of aryl methyl sites for hydroxylation is 1. The Morgan fingerprint density at radius 3 is 2.35 bits per heavy atom. The van der Waals surface area contributed by atoms with Gasteiger partial charge in [-0.3, -0.25) is 9.59 Å². The number of carbonyl (C=O) groups is 2. The number of rotatable bonds is 12. The lowest BCUT2D eigenvalue weighted by molar-refractivity contribution is -0.140. The first-order valence-corrected chi connectivity index (χ1v) is 10.8. The summed E-state index contributed by atoms with van der Waals surface area (Å²) in [5.74, 6) is 1.11. The number of nitrogens with one attached hydrogen (secondary N) is 1. The van der Waals surface area contributed by atoms with Crippen LogP contribution in [0.15, 0.2) is 48.5 Å². The van der Waals surface area contributed by atoms with Gasteiger partial charge < -0.3 is 19.7 Å². The minimum atomic E-state index is -0.546.